The number of anilines is 1. The predicted molar refractivity (Wildman–Crippen MR) is 78.5 cm³/mol. The monoisotopic (exact) mass is 320 g/mol. The lowest BCUT2D eigenvalue weighted by molar-refractivity contribution is -0.121. The number of aryl methyl sites for hydroxylation is 1. The van der Waals surface area contributed by atoms with E-state index in [1.807, 2.05) is 0 Å². The lowest BCUT2D eigenvalue weighted by Gasteiger charge is -2.18. The lowest BCUT2D eigenvalue weighted by atomic mass is 10.1. The number of nitrogens with zero attached hydrogens (tertiary/aromatic N) is 3. The summed E-state index contributed by atoms with van der Waals surface area (Å²) in [4.78, 5) is 23.7. The van der Waals surface area contributed by atoms with Crippen LogP contribution in [0, 0.1) is 11.6 Å². The molecule has 0 bridgehead atoms. The standard InChI is InChI=1S/C15H14F2N4O2/c1-20-6-4-10(19-20)9-2-3-12(14(17)13(9)16)21-7-5-11(15(21)23)18-8-22/h2-4,6,8,11H,5,7H2,1H3,(H,18,22). The van der Waals surface area contributed by atoms with E-state index in [1.165, 1.54) is 16.8 Å². The summed E-state index contributed by atoms with van der Waals surface area (Å²) in [5.41, 5.74) is 0.201. The van der Waals surface area contributed by atoms with Crippen molar-refractivity contribution in [1.82, 2.24) is 15.1 Å². The van der Waals surface area contributed by atoms with Gasteiger partial charge in [-0.3, -0.25) is 14.3 Å². The third kappa shape index (κ3) is 2.56. The first-order valence-electron chi connectivity index (χ1n) is 7.02. The number of nitrogens with one attached hydrogen (secondary N) is 1. The van der Waals surface area contributed by atoms with E-state index in [1.54, 1.807) is 19.3 Å². The van der Waals surface area contributed by atoms with Gasteiger partial charge < -0.3 is 10.2 Å². The Balaban J connectivity index is 1.95. The smallest absolute Gasteiger partial charge is 0.249 e. The molecule has 2 amide bonds. The third-order valence-electron chi connectivity index (χ3n) is 3.82. The molecule has 3 rings (SSSR count). The molecule has 2 heterocycles. The number of carbonyl (C=O) groups excluding carboxylic acids is 2. The molecule has 0 aliphatic carbocycles. The van der Waals surface area contributed by atoms with Crippen molar-refractivity contribution in [2.75, 3.05) is 11.4 Å². The van der Waals surface area contributed by atoms with Gasteiger partial charge in [-0.05, 0) is 24.6 Å². The van der Waals surface area contributed by atoms with Crippen molar-refractivity contribution >= 4 is 18.0 Å². The summed E-state index contributed by atoms with van der Waals surface area (Å²) in [7, 11) is 1.68. The quantitative estimate of drug-likeness (QED) is 0.861. The normalized spacial score (nSPS) is 17.6. The van der Waals surface area contributed by atoms with E-state index in [0.29, 0.717) is 18.5 Å². The number of amides is 2. The van der Waals surface area contributed by atoms with Gasteiger partial charge in [-0.1, -0.05) is 0 Å². The zero-order valence-electron chi connectivity index (χ0n) is 12.3. The molecule has 0 spiro atoms. The average molecular weight is 320 g/mol. The first-order chi connectivity index (χ1) is 11.0. The van der Waals surface area contributed by atoms with Gasteiger partial charge in [0.05, 0.1) is 11.4 Å². The summed E-state index contributed by atoms with van der Waals surface area (Å²) in [6, 6.07) is 3.61. The number of carbonyl (C=O) groups is 2. The second-order valence-electron chi connectivity index (χ2n) is 5.25. The highest BCUT2D eigenvalue weighted by Gasteiger charge is 2.34. The molecule has 0 saturated carbocycles. The fourth-order valence-corrected chi connectivity index (χ4v) is 2.66. The summed E-state index contributed by atoms with van der Waals surface area (Å²) in [5.74, 6) is -2.62. The van der Waals surface area contributed by atoms with Gasteiger partial charge in [0.1, 0.15) is 6.04 Å². The molecule has 6 nitrogen and oxygen atoms in total. The van der Waals surface area contributed by atoms with Crippen LogP contribution >= 0.6 is 0 Å². The second kappa shape index (κ2) is 5.79. The SMILES string of the molecule is Cn1ccc(-c2ccc(N3CCC(NC=O)C3=O)c(F)c2F)n1. The van der Waals surface area contributed by atoms with E-state index in [0.717, 1.165) is 4.90 Å². The minimum Gasteiger partial charge on any atom is -0.347 e. The summed E-state index contributed by atoms with van der Waals surface area (Å²) in [5, 5.41) is 6.41. The largest absolute Gasteiger partial charge is 0.347 e. The Morgan fingerprint density at radius 3 is 2.74 bits per heavy atom. The van der Waals surface area contributed by atoms with Crippen molar-refractivity contribution in [2.45, 2.75) is 12.5 Å². The molecular weight excluding hydrogens is 306 g/mol. The van der Waals surface area contributed by atoms with Gasteiger partial charge in [-0.25, -0.2) is 8.78 Å². The van der Waals surface area contributed by atoms with Gasteiger partial charge >= 0.3 is 0 Å². The van der Waals surface area contributed by atoms with Crippen LogP contribution in [0.3, 0.4) is 0 Å². The van der Waals surface area contributed by atoms with Crippen LogP contribution in [0.15, 0.2) is 24.4 Å². The fourth-order valence-electron chi connectivity index (χ4n) is 2.66. The number of rotatable bonds is 4. The summed E-state index contributed by atoms with van der Waals surface area (Å²) in [6.07, 6.45) is 2.40. The van der Waals surface area contributed by atoms with Crippen molar-refractivity contribution in [1.29, 1.82) is 0 Å². The molecule has 1 aliphatic heterocycles. The van der Waals surface area contributed by atoms with E-state index in [2.05, 4.69) is 10.4 Å². The minimum atomic E-state index is -1.10. The Morgan fingerprint density at radius 2 is 2.09 bits per heavy atom. The van der Waals surface area contributed by atoms with Gasteiger partial charge in [0.25, 0.3) is 0 Å². The van der Waals surface area contributed by atoms with Crippen LogP contribution in [0.5, 0.6) is 0 Å². The molecule has 1 aliphatic rings. The molecule has 8 heteroatoms. The Hall–Kier alpha value is -2.77. The third-order valence-corrected chi connectivity index (χ3v) is 3.82. The maximum absolute atomic E-state index is 14.4. The van der Waals surface area contributed by atoms with Crippen molar-refractivity contribution in [3.63, 3.8) is 0 Å². The Kier molecular flexibility index (Phi) is 3.81. The van der Waals surface area contributed by atoms with E-state index in [9.17, 15) is 18.4 Å². The molecule has 0 radical (unpaired) electrons. The Bertz CT molecular complexity index is 775. The van der Waals surface area contributed by atoms with Gasteiger partial charge in [0.15, 0.2) is 11.6 Å². The molecule has 23 heavy (non-hydrogen) atoms. The minimum absolute atomic E-state index is 0.0288. The Morgan fingerprint density at radius 1 is 1.30 bits per heavy atom. The first-order valence-corrected chi connectivity index (χ1v) is 7.02. The van der Waals surface area contributed by atoms with Gasteiger partial charge in [-0.15, -0.1) is 0 Å². The van der Waals surface area contributed by atoms with Crippen molar-refractivity contribution in [2.24, 2.45) is 7.05 Å². The summed E-state index contributed by atoms with van der Waals surface area (Å²) >= 11 is 0. The molecule has 1 unspecified atom stereocenters. The zero-order valence-corrected chi connectivity index (χ0v) is 12.3. The van der Waals surface area contributed by atoms with Gasteiger partial charge in [0, 0.05) is 25.4 Å². The van der Waals surface area contributed by atoms with E-state index in [-0.39, 0.29) is 17.8 Å². The average Bonchev–Trinajstić information content (AvgIpc) is 3.10. The Labute approximate surface area is 130 Å². The maximum Gasteiger partial charge on any atom is 0.249 e. The number of halogens is 2. The van der Waals surface area contributed by atoms with Crippen LogP contribution in [-0.4, -0.2) is 34.7 Å². The summed E-state index contributed by atoms with van der Waals surface area (Å²) in [6.45, 7) is 0.212. The second-order valence-corrected chi connectivity index (χ2v) is 5.25. The lowest BCUT2D eigenvalue weighted by Crippen LogP contribution is -2.38. The van der Waals surface area contributed by atoms with Crippen LogP contribution in [0.2, 0.25) is 0 Å². The number of aromatic nitrogens is 2. The van der Waals surface area contributed by atoms with Crippen LogP contribution < -0.4 is 10.2 Å². The highest BCUT2D eigenvalue weighted by molar-refractivity contribution is 6.00. The molecular formula is C15H14F2N4O2. The molecule has 1 aromatic carbocycles. The molecule has 1 N–H and O–H groups in total. The van der Waals surface area contributed by atoms with Crippen LogP contribution in [-0.2, 0) is 16.6 Å². The highest BCUT2D eigenvalue weighted by Crippen LogP contribution is 2.31. The van der Waals surface area contributed by atoms with Crippen LogP contribution in [0.25, 0.3) is 11.3 Å². The number of benzene rings is 1. The first kappa shape index (κ1) is 15.1. The van der Waals surface area contributed by atoms with E-state index >= 15 is 0 Å². The topological polar surface area (TPSA) is 67.2 Å². The molecule has 2 aromatic rings. The molecule has 120 valence electrons. The van der Waals surface area contributed by atoms with E-state index in [4.69, 9.17) is 0 Å². The number of hydrogen-bond donors (Lipinski definition) is 1. The highest BCUT2D eigenvalue weighted by atomic mass is 19.2. The van der Waals surface area contributed by atoms with Gasteiger partial charge in [0.2, 0.25) is 12.3 Å². The maximum atomic E-state index is 14.4. The molecule has 1 aromatic heterocycles. The molecule has 1 fully saturated rings. The number of hydrogen-bond acceptors (Lipinski definition) is 3. The fraction of sp³-hybridized carbons (Fsp3) is 0.267. The van der Waals surface area contributed by atoms with Crippen molar-refractivity contribution in [3.05, 3.63) is 36.0 Å². The van der Waals surface area contributed by atoms with Crippen molar-refractivity contribution in [3.8, 4) is 11.3 Å². The van der Waals surface area contributed by atoms with E-state index < -0.39 is 23.6 Å². The van der Waals surface area contributed by atoms with Crippen molar-refractivity contribution < 1.29 is 18.4 Å². The molecule has 1 saturated heterocycles. The summed E-state index contributed by atoms with van der Waals surface area (Å²) < 4.78 is 30.2. The zero-order chi connectivity index (χ0) is 16.6. The predicted octanol–water partition coefficient (Wildman–Crippen LogP) is 1.22. The van der Waals surface area contributed by atoms with Crippen LogP contribution in [0.1, 0.15) is 6.42 Å². The van der Waals surface area contributed by atoms with Gasteiger partial charge in [-0.2, -0.15) is 5.10 Å². The van der Waals surface area contributed by atoms with Crippen LogP contribution in [0.4, 0.5) is 14.5 Å². The molecule has 1 atom stereocenters.